The molecule has 0 saturated heterocycles. The summed E-state index contributed by atoms with van der Waals surface area (Å²) < 4.78 is 0. The van der Waals surface area contributed by atoms with E-state index in [1.807, 2.05) is 19.1 Å². The zero-order valence-electron chi connectivity index (χ0n) is 11.8. The Morgan fingerprint density at radius 2 is 1.70 bits per heavy atom. The van der Waals surface area contributed by atoms with E-state index in [9.17, 15) is 4.79 Å². The Balaban J connectivity index is 2.24. The number of allylic oxidation sites excluding steroid dienone is 6. The summed E-state index contributed by atoms with van der Waals surface area (Å²) in [5, 5.41) is 2.50. The summed E-state index contributed by atoms with van der Waals surface area (Å²) in [6.45, 7) is 4.00. The molecule has 1 nitrogen and oxygen atoms in total. The molecule has 0 fully saturated rings. The van der Waals surface area contributed by atoms with Crippen LogP contribution in [-0.2, 0) is 4.79 Å². The molecule has 0 bridgehead atoms. The molecule has 2 aromatic rings. The minimum absolute atomic E-state index is 0.805. The second kappa shape index (κ2) is 6.67. The lowest BCUT2D eigenvalue weighted by molar-refractivity contribution is -0.104. The summed E-state index contributed by atoms with van der Waals surface area (Å²) in [7, 11) is 0. The summed E-state index contributed by atoms with van der Waals surface area (Å²) in [6.07, 6.45) is 8.32. The molecule has 0 atom stereocenters. The SMILES string of the molecule is CC(C=CC=C(C)c1ccc2ccccc2c1)=CC=O. The fourth-order valence-corrected chi connectivity index (χ4v) is 2.04. The van der Waals surface area contributed by atoms with Gasteiger partial charge in [-0.25, -0.2) is 0 Å². The van der Waals surface area contributed by atoms with Crippen LogP contribution in [0.15, 0.2) is 72.3 Å². The second-order valence-electron chi connectivity index (χ2n) is 4.82. The molecule has 0 saturated carbocycles. The van der Waals surface area contributed by atoms with Crippen LogP contribution in [0.3, 0.4) is 0 Å². The van der Waals surface area contributed by atoms with E-state index in [1.54, 1.807) is 6.08 Å². The molecule has 0 N–H and O–H groups in total. The molecule has 0 aliphatic carbocycles. The normalized spacial score (nSPS) is 13.1. The van der Waals surface area contributed by atoms with Crippen molar-refractivity contribution in [2.24, 2.45) is 0 Å². The number of rotatable bonds is 4. The molecule has 1 heteroatoms. The Hall–Kier alpha value is -2.41. The van der Waals surface area contributed by atoms with Gasteiger partial charge in [-0.2, -0.15) is 0 Å². The first kappa shape index (κ1) is 14.0. The summed E-state index contributed by atoms with van der Waals surface area (Å²) >= 11 is 0. The van der Waals surface area contributed by atoms with Crippen molar-refractivity contribution < 1.29 is 4.79 Å². The van der Waals surface area contributed by atoms with Crippen LogP contribution in [0.1, 0.15) is 19.4 Å². The van der Waals surface area contributed by atoms with Gasteiger partial charge in [0.15, 0.2) is 0 Å². The van der Waals surface area contributed by atoms with Crippen molar-refractivity contribution in [1.29, 1.82) is 0 Å². The predicted octanol–water partition coefficient (Wildman–Crippen LogP) is 4.94. The maximum absolute atomic E-state index is 10.3. The van der Waals surface area contributed by atoms with E-state index < -0.39 is 0 Å². The van der Waals surface area contributed by atoms with Gasteiger partial charge in [0.1, 0.15) is 6.29 Å². The van der Waals surface area contributed by atoms with Crippen LogP contribution in [0, 0.1) is 0 Å². The van der Waals surface area contributed by atoms with Crippen LogP contribution < -0.4 is 0 Å². The van der Waals surface area contributed by atoms with Crippen molar-refractivity contribution >= 4 is 22.6 Å². The number of hydrogen-bond acceptors (Lipinski definition) is 1. The molecular formula is C19H18O. The molecule has 0 aliphatic rings. The van der Waals surface area contributed by atoms with Crippen molar-refractivity contribution in [2.75, 3.05) is 0 Å². The van der Waals surface area contributed by atoms with Gasteiger partial charge in [-0.1, -0.05) is 54.6 Å². The predicted molar refractivity (Wildman–Crippen MR) is 86.6 cm³/mol. The van der Waals surface area contributed by atoms with Gasteiger partial charge in [0, 0.05) is 0 Å². The van der Waals surface area contributed by atoms with Gasteiger partial charge in [0.25, 0.3) is 0 Å². The van der Waals surface area contributed by atoms with Crippen molar-refractivity contribution in [3.63, 3.8) is 0 Å². The van der Waals surface area contributed by atoms with Crippen molar-refractivity contribution in [1.82, 2.24) is 0 Å². The van der Waals surface area contributed by atoms with E-state index in [1.165, 1.54) is 21.9 Å². The average Bonchev–Trinajstić information content (AvgIpc) is 2.47. The van der Waals surface area contributed by atoms with Crippen LogP contribution in [0.25, 0.3) is 16.3 Å². The molecule has 0 unspecified atom stereocenters. The van der Waals surface area contributed by atoms with E-state index in [4.69, 9.17) is 0 Å². The molecule has 0 heterocycles. The molecule has 100 valence electrons. The highest BCUT2D eigenvalue weighted by molar-refractivity contribution is 5.86. The average molecular weight is 262 g/mol. The number of aldehydes is 1. The van der Waals surface area contributed by atoms with Gasteiger partial charge in [-0.15, -0.1) is 0 Å². The Labute approximate surface area is 119 Å². The Kier molecular flexibility index (Phi) is 4.67. The molecular weight excluding hydrogens is 244 g/mol. The van der Waals surface area contributed by atoms with Gasteiger partial charge >= 0.3 is 0 Å². The Morgan fingerprint density at radius 1 is 0.950 bits per heavy atom. The smallest absolute Gasteiger partial charge is 0.143 e. The Bertz CT molecular complexity index is 703. The van der Waals surface area contributed by atoms with E-state index in [0.717, 1.165) is 11.9 Å². The first-order valence-corrected chi connectivity index (χ1v) is 6.67. The molecule has 2 aromatic carbocycles. The summed E-state index contributed by atoms with van der Waals surface area (Å²) in [6, 6.07) is 14.8. The van der Waals surface area contributed by atoms with Crippen LogP contribution in [0.4, 0.5) is 0 Å². The Morgan fingerprint density at radius 3 is 2.45 bits per heavy atom. The highest BCUT2D eigenvalue weighted by Gasteiger charge is 1.97. The third-order valence-corrected chi connectivity index (χ3v) is 3.24. The number of carbonyl (C=O) groups excluding carboxylic acids is 1. The van der Waals surface area contributed by atoms with Crippen molar-refractivity contribution in [2.45, 2.75) is 13.8 Å². The first-order chi connectivity index (χ1) is 9.70. The van der Waals surface area contributed by atoms with Gasteiger partial charge in [-0.05, 0) is 53.5 Å². The fourth-order valence-electron chi connectivity index (χ4n) is 2.04. The number of fused-ring (bicyclic) bond motifs is 1. The zero-order chi connectivity index (χ0) is 14.4. The third-order valence-electron chi connectivity index (χ3n) is 3.24. The standard InChI is InChI=1S/C19H18O/c1-15(12-13-20)6-5-7-16(2)18-11-10-17-8-3-4-9-19(17)14-18/h3-14H,1-2H3. The summed E-state index contributed by atoms with van der Waals surface area (Å²) in [5.74, 6) is 0. The maximum Gasteiger partial charge on any atom is 0.143 e. The molecule has 20 heavy (non-hydrogen) atoms. The highest BCUT2D eigenvalue weighted by Crippen LogP contribution is 2.20. The fraction of sp³-hybridized carbons (Fsp3) is 0.105. The number of benzene rings is 2. The first-order valence-electron chi connectivity index (χ1n) is 6.67. The quantitative estimate of drug-likeness (QED) is 0.433. The summed E-state index contributed by atoms with van der Waals surface area (Å²) in [4.78, 5) is 10.3. The lowest BCUT2D eigenvalue weighted by Crippen LogP contribution is -1.80. The number of hydrogen-bond donors (Lipinski definition) is 0. The third kappa shape index (κ3) is 3.55. The largest absolute Gasteiger partial charge is 0.299 e. The van der Waals surface area contributed by atoms with Crippen LogP contribution in [0.5, 0.6) is 0 Å². The molecule has 2 rings (SSSR count). The second-order valence-corrected chi connectivity index (χ2v) is 4.82. The van der Waals surface area contributed by atoms with Crippen LogP contribution in [-0.4, -0.2) is 6.29 Å². The summed E-state index contributed by atoms with van der Waals surface area (Å²) in [5.41, 5.74) is 3.36. The van der Waals surface area contributed by atoms with E-state index in [0.29, 0.717) is 0 Å². The molecule has 0 amide bonds. The molecule has 0 radical (unpaired) electrons. The van der Waals surface area contributed by atoms with E-state index in [2.05, 4.69) is 55.5 Å². The van der Waals surface area contributed by atoms with Crippen LogP contribution >= 0.6 is 0 Å². The topological polar surface area (TPSA) is 17.1 Å². The van der Waals surface area contributed by atoms with Gasteiger partial charge in [-0.3, -0.25) is 4.79 Å². The van der Waals surface area contributed by atoms with Crippen LogP contribution in [0.2, 0.25) is 0 Å². The molecule has 0 aliphatic heterocycles. The van der Waals surface area contributed by atoms with Crippen molar-refractivity contribution in [3.05, 3.63) is 77.9 Å². The lowest BCUT2D eigenvalue weighted by atomic mass is 10.0. The monoisotopic (exact) mass is 262 g/mol. The minimum Gasteiger partial charge on any atom is -0.299 e. The lowest BCUT2D eigenvalue weighted by Gasteiger charge is -2.03. The van der Waals surface area contributed by atoms with Gasteiger partial charge < -0.3 is 0 Å². The van der Waals surface area contributed by atoms with Gasteiger partial charge in [0.05, 0.1) is 0 Å². The van der Waals surface area contributed by atoms with Gasteiger partial charge in [0.2, 0.25) is 0 Å². The number of carbonyl (C=O) groups is 1. The minimum atomic E-state index is 0.805. The van der Waals surface area contributed by atoms with E-state index >= 15 is 0 Å². The zero-order valence-corrected chi connectivity index (χ0v) is 11.8. The van der Waals surface area contributed by atoms with E-state index in [-0.39, 0.29) is 0 Å². The molecule has 0 spiro atoms. The highest BCUT2D eigenvalue weighted by atomic mass is 16.1. The molecule has 0 aromatic heterocycles. The maximum atomic E-state index is 10.3. The van der Waals surface area contributed by atoms with Crippen molar-refractivity contribution in [3.8, 4) is 0 Å².